The molecule has 1 N–H and O–H groups in total. The lowest BCUT2D eigenvalue weighted by Gasteiger charge is -2.16. The molecule has 1 amide bonds. The number of rotatable bonds is 4. The Kier molecular flexibility index (Phi) is 5.23. The number of carbonyl (C=O) groups excluding carboxylic acids is 3. The average Bonchev–Trinajstić information content (AvgIpc) is 2.71. The smallest absolute Gasteiger partial charge is 0.408 e. The number of methoxy groups -OCH3 is 1. The van der Waals surface area contributed by atoms with Gasteiger partial charge in [-0.05, 0) is 6.92 Å². The second kappa shape index (κ2) is 6.39. The Hall–Kier alpha value is -2.03. The quantitative estimate of drug-likeness (QED) is 0.514. The molecular weight excluding hydrogens is 329 g/mol. The molecule has 1 aromatic heterocycles. The molecule has 0 radical (unpaired) electrons. The molecule has 0 saturated heterocycles. The van der Waals surface area contributed by atoms with Crippen LogP contribution >= 0.6 is 11.6 Å². The van der Waals surface area contributed by atoms with Gasteiger partial charge in [-0.3, -0.25) is 9.59 Å². The molecule has 10 heteroatoms. The van der Waals surface area contributed by atoms with E-state index >= 15 is 0 Å². The molecule has 1 rings (SSSR count). The first-order valence-corrected chi connectivity index (χ1v) is 6.23. The number of aromatic nitrogens is 1. The highest BCUT2D eigenvalue weighted by Gasteiger charge is 2.38. The van der Waals surface area contributed by atoms with E-state index in [-0.39, 0.29) is 10.7 Å². The van der Waals surface area contributed by atoms with Crippen LogP contribution in [0, 0.1) is 0 Å². The van der Waals surface area contributed by atoms with Gasteiger partial charge in [-0.15, -0.1) is 0 Å². The fourth-order valence-electron chi connectivity index (χ4n) is 1.55. The molecule has 22 heavy (non-hydrogen) atoms. The fourth-order valence-corrected chi connectivity index (χ4v) is 1.90. The van der Waals surface area contributed by atoms with E-state index < -0.39 is 35.4 Å². The fraction of sp³-hybridized carbons (Fsp3) is 0.417. The predicted octanol–water partition coefficient (Wildman–Crippen LogP) is 1.71. The summed E-state index contributed by atoms with van der Waals surface area (Å²) in [6.07, 6.45) is -3.62. The molecule has 0 aliphatic rings. The lowest BCUT2D eigenvalue weighted by atomic mass is 10.2. The van der Waals surface area contributed by atoms with Gasteiger partial charge < -0.3 is 14.6 Å². The molecule has 0 saturated carbocycles. The molecule has 0 aliphatic carbocycles. The zero-order valence-electron chi connectivity index (χ0n) is 11.7. The van der Waals surface area contributed by atoms with Gasteiger partial charge in [0.15, 0.2) is 0 Å². The van der Waals surface area contributed by atoms with E-state index in [1.807, 2.05) is 0 Å². The molecule has 0 fully saturated rings. The Morgan fingerprint density at radius 1 is 1.36 bits per heavy atom. The molecule has 0 bridgehead atoms. The second-order valence-corrected chi connectivity index (χ2v) is 4.75. The number of hydrogen-bond acceptors (Lipinski definition) is 4. The molecule has 1 atom stereocenters. The highest BCUT2D eigenvalue weighted by atomic mass is 35.5. The number of ketones is 1. The van der Waals surface area contributed by atoms with Crippen molar-refractivity contribution in [3.8, 4) is 0 Å². The van der Waals surface area contributed by atoms with Crippen LogP contribution in [-0.4, -0.2) is 41.6 Å². The Labute approximate surface area is 128 Å². The van der Waals surface area contributed by atoms with E-state index in [1.54, 1.807) is 0 Å². The zero-order chi connectivity index (χ0) is 17.2. The average molecular weight is 341 g/mol. The van der Waals surface area contributed by atoms with Crippen LogP contribution in [-0.2, 0) is 16.6 Å². The number of esters is 1. The number of nitrogens with one attached hydrogen (secondary N) is 1. The summed E-state index contributed by atoms with van der Waals surface area (Å²) in [5, 5.41) is 1.15. The SMILES string of the molecule is COC(=O)c1c(Cl)c(C(=O)C(=O)NC(C)C(F)(F)F)cn1C. The molecule has 1 unspecified atom stereocenters. The third kappa shape index (κ3) is 3.59. The summed E-state index contributed by atoms with van der Waals surface area (Å²) in [5.41, 5.74) is -0.583. The highest BCUT2D eigenvalue weighted by Crippen LogP contribution is 2.25. The summed E-state index contributed by atoms with van der Waals surface area (Å²) in [5.74, 6) is -3.61. The van der Waals surface area contributed by atoms with Gasteiger partial charge in [-0.25, -0.2) is 4.79 Å². The standard InChI is InChI=1S/C12H12ClF3N2O4/c1-5(12(14,15)16)17-10(20)9(19)6-4-18(2)8(7(6)13)11(21)22-3/h4-5H,1-3H3,(H,17,20). The number of amides is 1. The van der Waals surface area contributed by atoms with Crippen LogP contribution in [0.25, 0.3) is 0 Å². The minimum Gasteiger partial charge on any atom is -0.464 e. The molecular formula is C12H12ClF3N2O4. The van der Waals surface area contributed by atoms with Crippen LogP contribution in [0.2, 0.25) is 5.02 Å². The Morgan fingerprint density at radius 3 is 2.36 bits per heavy atom. The minimum atomic E-state index is -4.69. The highest BCUT2D eigenvalue weighted by molar-refractivity contribution is 6.48. The number of halogens is 4. The van der Waals surface area contributed by atoms with Crippen molar-refractivity contribution in [1.29, 1.82) is 0 Å². The van der Waals surface area contributed by atoms with Crippen molar-refractivity contribution < 1.29 is 32.3 Å². The number of nitrogens with zero attached hydrogens (tertiary/aromatic N) is 1. The third-order valence-electron chi connectivity index (χ3n) is 2.79. The summed E-state index contributed by atoms with van der Waals surface area (Å²) < 4.78 is 42.7. The number of aryl methyl sites for hydroxylation is 1. The van der Waals surface area contributed by atoms with E-state index in [0.29, 0.717) is 6.92 Å². The number of alkyl halides is 3. The van der Waals surface area contributed by atoms with E-state index in [2.05, 4.69) is 4.74 Å². The predicted molar refractivity (Wildman–Crippen MR) is 69.8 cm³/mol. The van der Waals surface area contributed by atoms with Crippen molar-refractivity contribution in [2.45, 2.75) is 19.1 Å². The van der Waals surface area contributed by atoms with E-state index in [4.69, 9.17) is 11.6 Å². The van der Waals surface area contributed by atoms with Gasteiger partial charge in [0, 0.05) is 13.2 Å². The Bertz CT molecular complexity index is 625. The summed E-state index contributed by atoms with van der Waals surface area (Å²) in [4.78, 5) is 34.9. The van der Waals surface area contributed by atoms with Gasteiger partial charge in [0.2, 0.25) is 0 Å². The lowest BCUT2D eigenvalue weighted by Crippen LogP contribution is -2.45. The first-order chi connectivity index (χ1) is 10.0. The van der Waals surface area contributed by atoms with Crippen molar-refractivity contribution >= 4 is 29.3 Å². The minimum absolute atomic E-state index is 0.191. The van der Waals surface area contributed by atoms with Gasteiger partial charge in [-0.1, -0.05) is 11.6 Å². The molecule has 0 aromatic carbocycles. The van der Waals surface area contributed by atoms with Gasteiger partial charge in [0.05, 0.1) is 17.7 Å². The van der Waals surface area contributed by atoms with Gasteiger partial charge in [0.25, 0.3) is 11.7 Å². The molecule has 0 aliphatic heterocycles. The maximum Gasteiger partial charge on any atom is 0.408 e. The van der Waals surface area contributed by atoms with Crippen LogP contribution < -0.4 is 5.32 Å². The largest absolute Gasteiger partial charge is 0.464 e. The first kappa shape index (κ1) is 18.0. The number of hydrogen-bond donors (Lipinski definition) is 1. The van der Waals surface area contributed by atoms with Crippen LogP contribution in [0.1, 0.15) is 27.8 Å². The van der Waals surface area contributed by atoms with Crippen LogP contribution in [0.15, 0.2) is 6.20 Å². The second-order valence-electron chi connectivity index (χ2n) is 4.37. The molecule has 0 spiro atoms. The number of ether oxygens (including phenoxy) is 1. The maximum atomic E-state index is 12.4. The molecule has 6 nitrogen and oxygen atoms in total. The summed E-state index contributed by atoms with van der Waals surface area (Å²) in [6.45, 7) is 0.692. The molecule has 1 aromatic rings. The summed E-state index contributed by atoms with van der Waals surface area (Å²) >= 11 is 5.82. The first-order valence-electron chi connectivity index (χ1n) is 5.85. The number of carbonyl (C=O) groups is 3. The monoisotopic (exact) mass is 340 g/mol. The van der Waals surface area contributed by atoms with Crippen molar-refractivity contribution in [1.82, 2.24) is 9.88 Å². The van der Waals surface area contributed by atoms with E-state index in [0.717, 1.165) is 17.9 Å². The Balaban J connectivity index is 3.05. The summed E-state index contributed by atoms with van der Waals surface area (Å²) in [7, 11) is 2.45. The van der Waals surface area contributed by atoms with Gasteiger partial charge in [0.1, 0.15) is 11.7 Å². The normalized spacial score (nSPS) is 12.7. The van der Waals surface area contributed by atoms with Crippen LogP contribution in [0.3, 0.4) is 0 Å². The number of Topliss-reactive ketones (excluding diaryl/α,β-unsaturated/α-hetero) is 1. The topological polar surface area (TPSA) is 77.4 Å². The maximum absolute atomic E-state index is 12.4. The molecule has 1 heterocycles. The van der Waals surface area contributed by atoms with Crippen molar-refractivity contribution in [2.24, 2.45) is 7.05 Å². The molecule has 122 valence electrons. The van der Waals surface area contributed by atoms with Gasteiger partial charge in [-0.2, -0.15) is 13.2 Å². The van der Waals surface area contributed by atoms with Crippen LogP contribution in [0.5, 0.6) is 0 Å². The van der Waals surface area contributed by atoms with Crippen molar-refractivity contribution in [2.75, 3.05) is 7.11 Å². The van der Waals surface area contributed by atoms with E-state index in [9.17, 15) is 27.6 Å². The van der Waals surface area contributed by atoms with Crippen molar-refractivity contribution in [3.63, 3.8) is 0 Å². The third-order valence-corrected chi connectivity index (χ3v) is 3.17. The van der Waals surface area contributed by atoms with Crippen LogP contribution in [0.4, 0.5) is 13.2 Å². The van der Waals surface area contributed by atoms with Crippen molar-refractivity contribution in [3.05, 3.63) is 22.5 Å². The summed E-state index contributed by atoms with van der Waals surface area (Å²) in [6, 6.07) is -2.20. The lowest BCUT2D eigenvalue weighted by molar-refractivity contribution is -0.156. The van der Waals surface area contributed by atoms with E-state index in [1.165, 1.54) is 12.4 Å². The van der Waals surface area contributed by atoms with Gasteiger partial charge >= 0.3 is 12.1 Å². The zero-order valence-corrected chi connectivity index (χ0v) is 12.5. The Morgan fingerprint density at radius 2 is 1.91 bits per heavy atom.